The van der Waals surface area contributed by atoms with E-state index < -0.39 is 32.5 Å². The molecule has 0 radical (unpaired) electrons. The number of carbonyl (C=O) groups excluding carboxylic acids is 2. The Balaban J connectivity index is 4.03. The van der Waals surface area contributed by atoms with E-state index in [-0.39, 0.29) is 32.6 Å². The lowest BCUT2D eigenvalue weighted by Gasteiger charge is -2.19. The van der Waals surface area contributed by atoms with E-state index in [0.29, 0.717) is 12.8 Å². The van der Waals surface area contributed by atoms with Gasteiger partial charge in [0, 0.05) is 19.4 Å². The number of nitrogens with two attached hydrogens (primary N) is 1. The summed E-state index contributed by atoms with van der Waals surface area (Å²) in [6.45, 7) is 3.48. The van der Waals surface area contributed by atoms with Gasteiger partial charge in [-0.1, -0.05) is 255 Å². The molecule has 79 heavy (non-hydrogen) atoms. The number of rotatable bonds is 56. The quantitative estimate of drug-likeness (QED) is 0.0264. The Morgan fingerprint density at radius 3 is 0.975 bits per heavy atom. The molecule has 0 saturated heterocycles. The Morgan fingerprint density at radius 2 is 0.658 bits per heavy atom. The molecule has 0 aliphatic rings. The molecule has 9 nitrogen and oxygen atoms in total. The van der Waals surface area contributed by atoms with Gasteiger partial charge < -0.3 is 20.1 Å². The molecule has 0 bridgehead atoms. The Morgan fingerprint density at radius 1 is 0.380 bits per heavy atom. The highest BCUT2D eigenvalue weighted by molar-refractivity contribution is 7.47. The lowest BCUT2D eigenvalue weighted by molar-refractivity contribution is -0.161. The van der Waals surface area contributed by atoms with Gasteiger partial charge in [0.2, 0.25) is 0 Å². The summed E-state index contributed by atoms with van der Waals surface area (Å²) in [6.07, 6.45) is 91.5. The van der Waals surface area contributed by atoms with Crippen molar-refractivity contribution in [2.45, 2.75) is 238 Å². The van der Waals surface area contributed by atoms with Crippen LogP contribution in [0.25, 0.3) is 0 Å². The van der Waals surface area contributed by atoms with Crippen LogP contribution in [0.3, 0.4) is 0 Å². The van der Waals surface area contributed by atoms with Crippen LogP contribution in [0, 0.1) is 0 Å². The summed E-state index contributed by atoms with van der Waals surface area (Å²) in [7, 11) is -4.41. The first-order valence-corrected chi connectivity index (χ1v) is 32.5. The molecular formula is C69H112NO8P. The van der Waals surface area contributed by atoms with Crippen LogP contribution in [0.5, 0.6) is 0 Å². The fourth-order valence-electron chi connectivity index (χ4n) is 7.91. The molecule has 3 N–H and O–H groups in total. The molecule has 0 amide bonds. The second kappa shape index (κ2) is 62.8. The smallest absolute Gasteiger partial charge is 0.462 e. The van der Waals surface area contributed by atoms with Gasteiger partial charge in [0.05, 0.1) is 13.2 Å². The number of esters is 2. The minimum absolute atomic E-state index is 0.0422. The van der Waals surface area contributed by atoms with E-state index in [1.54, 1.807) is 0 Å². The number of phosphoric ester groups is 1. The molecule has 0 rings (SSSR count). The van der Waals surface area contributed by atoms with Gasteiger partial charge in [-0.15, -0.1) is 0 Å². The van der Waals surface area contributed by atoms with E-state index in [1.165, 1.54) is 44.9 Å². The molecule has 446 valence electrons. The topological polar surface area (TPSA) is 134 Å². The van der Waals surface area contributed by atoms with Crippen molar-refractivity contribution in [2.75, 3.05) is 26.4 Å². The molecule has 10 heteroatoms. The van der Waals surface area contributed by atoms with Crippen LogP contribution in [-0.4, -0.2) is 49.3 Å². The number of carbonyl (C=O) groups is 2. The summed E-state index contributed by atoms with van der Waals surface area (Å²) in [6, 6.07) is 0. The van der Waals surface area contributed by atoms with Crippen molar-refractivity contribution in [3.8, 4) is 0 Å². The average molecular weight is 1110 g/mol. The summed E-state index contributed by atoms with van der Waals surface area (Å²) < 4.78 is 33.1. The van der Waals surface area contributed by atoms with Gasteiger partial charge in [-0.3, -0.25) is 18.6 Å². The Kier molecular flexibility index (Phi) is 59.3. The molecule has 0 aromatic carbocycles. The van der Waals surface area contributed by atoms with Crippen molar-refractivity contribution in [1.29, 1.82) is 0 Å². The predicted molar refractivity (Wildman–Crippen MR) is 339 cm³/mol. The predicted octanol–water partition coefficient (Wildman–Crippen LogP) is 20.1. The minimum atomic E-state index is -4.41. The molecule has 0 heterocycles. The van der Waals surface area contributed by atoms with Crippen molar-refractivity contribution in [3.63, 3.8) is 0 Å². The second-order valence-corrected chi connectivity index (χ2v) is 21.3. The van der Waals surface area contributed by atoms with Crippen LogP contribution in [0.4, 0.5) is 0 Å². The van der Waals surface area contributed by atoms with Gasteiger partial charge in [0.15, 0.2) is 6.10 Å². The lowest BCUT2D eigenvalue weighted by Crippen LogP contribution is -2.29. The number of allylic oxidation sites excluding steroid dienone is 26. The first-order chi connectivity index (χ1) is 38.8. The molecule has 0 fully saturated rings. The molecule has 2 unspecified atom stereocenters. The van der Waals surface area contributed by atoms with Crippen LogP contribution in [0.2, 0.25) is 0 Å². The largest absolute Gasteiger partial charge is 0.472 e. The van der Waals surface area contributed by atoms with Crippen molar-refractivity contribution in [2.24, 2.45) is 5.73 Å². The van der Waals surface area contributed by atoms with E-state index in [2.05, 4.69) is 172 Å². The maximum Gasteiger partial charge on any atom is 0.472 e. The third-order valence-electron chi connectivity index (χ3n) is 12.4. The van der Waals surface area contributed by atoms with Crippen molar-refractivity contribution in [3.05, 3.63) is 158 Å². The molecule has 0 aliphatic carbocycles. The molecule has 0 aromatic rings. The number of hydrogen-bond acceptors (Lipinski definition) is 8. The number of phosphoric acid groups is 1. The van der Waals surface area contributed by atoms with Crippen molar-refractivity contribution >= 4 is 19.8 Å². The molecule has 0 saturated carbocycles. The maximum atomic E-state index is 12.7. The van der Waals surface area contributed by atoms with Gasteiger partial charge in [-0.25, -0.2) is 4.57 Å². The molecule has 2 atom stereocenters. The summed E-state index contributed by atoms with van der Waals surface area (Å²) in [5.41, 5.74) is 5.39. The van der Waals surface area contributed by atoms with Crippen LogP contribution in [0.15, 0.2) is 158 Å². The Hall–Kier alpha value is -4.37. The summed E-state index contributed by atoms with van der Waals surface area (Å²) in [5.74, 6) is -0.858. The van der Waals surface area contributed by atoms with Gasteiger partial charge in [0.1, 0.15) is 6.61 Å². The average Bonchev–Trinajstić information content (AvgIpc) is 3.44. The summed E-state index contributed by atoms with van der Waals surface area (Å²) >= 11 is 0. The first kappa shape index (κ1) is 74.6. The van der Waals surface area contributed by atoms with E-state index in [9.17, 15) is 19.0 Å². The van der Waals surface area contributed by atoms with Crippen molar-refractivity contribution in [1.82, 2.24) is 0 Å². The normalized spacial score (nSPS) is 14.1. The molecule has 0 aliphatic heterocycles. The monoisotopic (exact) mass is 1110 g/mol. The van der Waals surface area contributed by atoms with E-state index >= 15 is 0 Å². The standard InChI is InChI=1S/C69H112NO8P/c1-3-5-7-9-11-13-15-17-19-21-23-25-27-29-30-31-32-33-34-35-36-38-40-42-44-46-48-50-52-54-56-58-60-62-69(72)78-67(66-77-79(73,74)76-64-63-70)65-75-68(71)61-59-57-55-53-51-49-47-45-43-41-39-37-28-26-24-22-20-18-16-14-12-10-8-6-4-2/h5-8,11-14,17-20,23-26,29-30,32-33,35-37,39,43,45,67H,3-4,9-10,15-16,21-22,27-28,31,34,38,40-42,44,46-66,70H2,1-2H3,(H,73,74)/b7-5-,8-6-,13-11-,14-12-,19-17-,20-18-,25-23-,26-24-,30-29-,33-32-,36-35-,39-37-,45-43-. The highest BCUT2D eigenvalue weighted by Gasteiger charge is 2.26. The molecule has 0 aromatic heterocycles. The zero-order chi connectivity index (χ0) is 57.3. The van der Waals surface area contributed by atoms with E-state index in [4.69, 9.17) is 24.3 Å². The highest BCUT2D eigenvalue weighted by atomic mass is 31.2. The van der Waals surface area contributed by atoms with Gasteiger partial charge in [-0.05, 0) is 122 Å². The van der Waals surface area contributed by atoms with Crippen LogP contribution in [0.1, 0.15) is 232 Å². The van der Waals surface area contributed by atoms with Crippen LogP contribution < -0.4 is 5.73 Å². The SMILES string of the molecule is CC/C=C\C/C=C\C/C=C\C/C=C\C/C=C\C/C=C\C/C=C\CCCCCCCCCCCCCC(=O)OC(COC(=O)CCCCCCCC/C=C\C/C=C\C/C=C\C/C=C\C/C=C\C/C=C\CC)COP(=O)(O)OCCN. The third kappa shape index (κ3) is 62.7. The Labute approximate surface area is 483 Å². The fraction of sp³-hybridized carbons (Fsp3) is 0.594. The third-order valence-corrected chi connectivity index (χ3v) is 13.4. The molecular weight excluding hydrogens is 1000 g/mol. The van der Waals surface area contributed by atoms with Crippen molar-refractivity contribution < 1.29 is 37.6 Å². The summed E-state index contributed by atoms with van der Waals surface area (Å²) in [4.78, 5) is 35.3. The number of unbranched alkanes of at least 4 members (excludes halogenated alkanes) is 17. The second-order valence-electron chi connectivity index (χ2n) is 19.8. The zero-order valence-electron chi connectivity index (χ0n) is 49.8. The van der Waals surface area contributed by atoms with Crippen LogP contribution >= 0.6 is 7.82 Å². The van der Waals surface area contributed by atoms with Crippen LogP contribution in [-0.2, 0) is 32.7 Å². The number of ether oxygens (including phenoxy) is 2. The summed E-state index contributed by atoms with van der Waals surface area (Å²) in [5, 5.41) is 0. The maximum absolute atomic E-state index is 12.7. The first-order valence-electron chi connectivity index (χ1n) is 31.0. The lowest BCUT2D eigenvalue weighted by atomic mass is 10.0. The van der Waals surface area contributed by atoms with E-state index in [0.717, 1.165) is 148 Å². The van der Waals surface area contributed by atoms with E-state index in [1.807, 2.05) is 0 Å². The highest BCUT2D eigenvalue weighted by Crippen LogP contribution is 2.43. The molecule has 0 spiro atoms. The zero-order valence-corrected chi connectivity index (χ0v) is 50.7. The minimum Gasteiger partial charge on any atom is -0.462 e. The van der Waals surface area contributed by atoms with Gasteiger partial charge in [0.25, 0.3) is 0 Å². The number of hydrogen-bond donors (Lipinski definition) is 2. The van der Waals surface area contributed by atoms with Gasteiger partial charge >= 0.3 is 19.8 Å². The van der Waals surface area contributed by atoms with Gasteiger partial charge in [-0.2, -0.15) is 0 Å². The Bertz CT molecular complexity index is 1850. The fourth-order valence-corrected chi connectivity index (χ4v) is 8.68.